The number of hydrogen-bond acceptors (Lipinski definition) is 5. The highest BCUT2D eigenvalue weighted by molar-refractivity contribution is 7.98. The van der Waals surface area contributed by atoms with Crippen molar-refractivity contribution in [2.24, 2.45) is 5.92 Å². The molecule has 0 fully saturated rings. The summed E-state index contributed by atoms with van der Waals surface area (Å²) < 4.78 is 11.6. The highest BCUT2D eigenvalue weighted by Crippen LogP contribution is 2.33. The minimum Gasteiger partial charge on any atom is -0.507 e. The molecule has 1 heterocycles. The first-order chi connectivity index (χ1) is 15.0. The Morgan fingerprint density at radius 1 is 1.00 bits per heavy atom. The fourth-order valence-corrected chi connectivity index (χ4v) is 4.17. The number of hydrogen-bond donors (Lipinski definition) is 1. The summed E-state index contributed by atoms with van der Waals surface area (Å²) in [6.45, 7) is 6.71. The van der Waals surface area contributed by atoms with Crippen LogP contribution in [0.5, 0.6) is 17.2 Å². The third-order valence-electron chi connectivity index (χ3n) is 5.25. The topological polar surface area (TPSA) is 51.6 Å². The number of methoxy groups -OCH3 is 1. The molecular weight excluding hydrogens is 406 g/mol. The Morgan fingerprint density at radius 2 is 1.74 bits per heavy atom. The zero-order valence-electron chi connectivity index (χ0n) is 18.7. The summed E-state index contributed by atoms with van der Waals surface area (Å²) in [5.74, 6) is 3.34. The van der Waals surface area contributed by atoms with Crippen molar-refractivity contribution in [3.63, 3.8) is 0 Å². The largest absolute Gasteiger partial charge is 0.507 e. The second-order valence-corrected chi connectivity index (χ2v) is 9.08. The van der Waals surface area contributed by atoms with Gasteiger partial charge in [-0.15, -0.1) is 11.8 Å². The first-order valence-corrected chi connectivity index (χ1v) is 11.6. The first kappa shape index (κ1) is 23.0. The Kier molecular flexibility index (Phi) is 8.24. The lowest BCUT2D eigenvalue weighted by molar-refractivity contribution is 0.300. The minimum atomic E-state index is 0.346. The molecule has 1 N–H and O–H groups in total. The molecule has 0 amide bonds. The Hall–Kier alpha value is -2.66. The number of phenolic OH excluding ortho intramolecular Hbond substituents is 1. The molecule has 0 aliphatic carbocycles. The molecular formula is C26H31NO3S. The SMILES string of the molecule is COc1cc(COc2ccc(CCC(C)C)c(O)c2C)ccc1CSc1ccncc1. The van der Waals surface area contributed by atoms with Crippen molar-refractivity contribution in [2.75, 3.05) is 7.11 Å². The lowest BCUT2D eigenvalue weighted by Gasteiger charge is -2.15. The second-order valence-electron chi connectivity index (χ2n) is 8.04. The number of benzene rings is 2. The monoisotopic (exact) mass is 437 g/mol. The Labute approximate surface area is 189 Å². The van der Waals surface area contributed by atoms with Crippen LogP contribution in [-0.2, 0) is 18.8 Å². The molecule has 3 aromatic rings. The molecule has 0 saturated carbocycles. The molecule has 0 bridgehead atoms. The number of aromatic hydroxyl groups is 1. The molecule has 31 heavy (non-hydrogen) atoms. The van der Waals surface area contributed by atoms with Crippen LogP contribution in [0.15, 0.2) is 59.8 Å². The third-order valence-corrected chi connectivity index (χ3v) is 6.31. The lowest BCUT2D eigenvalue weighted by Crippen LogP contribution is -2.00. The summed E-state index contributed by atoms with van der Waals surface area (Å²) >= 11 is 1.75. The van der Waals surface area contributed by atoms with Crippen molar-refractivity contribution >= 4 is 11.8 Å². The molecule has 164 valence electrons. The van der Waals surface area contributed by atoms with Crippen LogP contribution in [-0.4, -0.2) is 17.2 Å². The lowest BCUT2D eigenvalue weighted by atomic mass is 10.00. The molecule has 0 atom stereocenters. The molecule has 2 aromatic carbocycles. The van der Waals surface area contributed by atoms with Gasteiger partial charge in [-0.05, 0) is 61.1 Å². The van der Waals surface area contributed by atoms with E-state index in [1.165, 1.54) is 4.90 Å². The van der Waals surface area contributed by atoms with Crippen molar-refractivity contribution in [2.45, 2.75) is 50.9 Å². The average Bonchev–Trinajstić information content (AvgIpc) is 2.78. The number of ether oxygens (including phenoxy) is 2. The fourth-order valence-electron chi connectivity index (χ4n) is 3.29. The van der Waals surface area contributed by atoms with E-state index >= 15 is 0 Å². The highest BCUT2D eigenvalue weighted by atomic mass is 32.2. The van der Waals surface area contributed by atoms with Crippen LogP contribution >= 0.6 is 11.8 Å². The number of phenols is 1. The third kappa shape index (κ3) is 6.41. The van der Waals surface area contributed by atoms with Crippen LogP contribution in [0.3, 0.4) is 0 Å². The van der Waals surface area contributed by atoms with E-state index in [0.717, 1.165) is 46.6 Å². The molecule has 4 nitrogen and oxygen atoms in total. The molecule has 3 rings (SSSR count). The second kappa shape index (κ2) is 11.1. The van der Waals surface area contributed by atoms with Crippen LogP contribution in [0.1, 0.15) is 42.5 Å². The summed E-state index contributed by atoms with van der Waals surface area (Å²) in [6, 6.07) is 14.1. The number of aromatic nitrogens is 1. The van der Waals surface area contributed by atoms with Crippen molar-refractivity contribution < 1.29 is 14.6 Å². The molecule has 0 aliphatic heterocycles. The normalized spacial score (nSPS) is 11.0. The van der Waals surface area contributed by atoms with Crippen molar-refractivity contribution in [1.29, 1.82) is 0 Å². The number of nitrogens with zero attached hydrogens (tertiary/aromatic N) is 1. The van der Waals surface area contributed by atoms with Gasteiger partial charge in [0, 0.05) is 34.2 Å². The van der Waals surface area contributed by atoms with Gasteiger partial charge in [-0.2, -0.15) is 0 Å². The van der Waals surface area contributed by atoms with Crippen LogP contribution < -0.4 is 9.47 Å². The smallest absolute Gasteiger partial charge is 0.126 e. The highest BCUT2D eigenvalue weighted by Gasteiger charge is 2.12. The van der Waals surface area contributed by atoms with E-state index in [1.807, 2.05) is 37.3 Å². The van der Waals surface area contributed by atoms with Gasteiger partial charge >= 0.3 is 0 Å². The van der Waals surface area contributed by atoms with E-state index in [4.69, 9.17) is 9.47 Å². The standard InChI is InChI=1S/C26H31NO3S/c1-18(2)5-7-21-9-10-24(19(3)26(21)28)30-16-20-6-8-22(25(15-20)29-4)17-31-23-11-13-27-14-12-23/h6,8-15,18,28H,5,7,16-17H2,1-4H3. The van der Waals surface area contributed by atoms with Crippen molar-refractivity contribution in [3.05, 3.63) is 77.1 Å². The average molecular weight is 438 g/mol. The van der Waals surface area contributed by atoms with E-state index in [0.29, 0.717) is 24.0 Å². The summed E-state index contributed by atoms with van der Waals surface area (Å²) in [7, 11) is 1.69. The summed E-state index contributed by atoms with van der Waals surface area (Å²) in [4.78, 5) is 5.23. The van der Waals surface area contributed by atoms with Gasteiger partial charge in [-0.25, -0.2) is 0 Å². The Balaban J connectivity index is 1.64. The van der Waals surface area contributed by atoms with E-state index < -0.39 is 0 Å². The molecule has 1 aromatic heterocycles. The van der Waals surface area contributed by atoms with Crippen molar-refractivity contribution in [3.8, 4) is 17.2 Å². The number of rotatable bonds is 10. The van der Waals surface area contributed by atoms with E-state index in [-0.39, 0.29) is 0 Å². The molecule has 5 heteroatoms. The van der Waals surface area contributed by atoms with Gasteiger partial charge in [0.15, 0.2) is 0 Å². The maximum absolute atomic E-state index is 10.6. The number of aryl methyl sites for hydroxylation is 1. The molecule has 0 aliphatic rings. The van der Waals surface area contributed by atoms with Gasteiger partial charge in [0.2, 0.25) is 0 Å². The van der Waals surface area contributed by atoms with Gasteiger partial charge in [-0.3, -0.25) is 4.98 Å². The quantitative estimate of drug-likeness (QED) is 0.364. The zero-order chi connectivity index (χ0) is 22.2. The van der Waals surface area contributed by atoms with Crippen LogP contribution in [0.25, 0.3) is 0 Å². The predicted molar refractivity (Wildman–Crippen MR) is 127 cm³/mol. The fraction of sp³-hybridized carbons (Fsp3) is 0.346. The summed E-state index contributed by atoms with van der Waals surface area (Å²) in [5.41, 5.74) is 3.93. The van der Waals surface area contributed by atoms with Gasteiger partial charge in [-0.1, -0.05) is 32.0 Å². The Bertz CT molecular complexity index is 989. The van der Waals surface area contributed by atoms with Gasteiger partial charge < -0.3 is 14.6 Å². The van der Waals surface area contributed by atoms with E-state index in [2.05, 4.69) is 31.0 Å². The summed E-state index contributed by atoms with van der Waals surface area (Å²) in [6.07, 6.45) is 5.53. The maximum Gasteiger partial charge on any atom is 0.126 e. The molecule has 0 saturated heterocycles. The molecule has 0 spiro atoms. The predicted octanol–water partition coefficient (Wildman–Crippen LogP) is 6.56. The maximum atomic E-state index is 10.6. The van der Waals surface area contributed by atoms with Crippen LogP contribution in [0.2, 0.25) is 0 Å². The van der Waals surface area contributed by atoms with Gasteiger partial charge in [0.05, 0.1) is 7.11 Å². The molecule has 0 radical (unpaired) electrons. The summed E-state index contributed by atoms with van der Waals surface area (Å²) in [5, 5.41) is 10.6. The van der Waals surface area contributed by atoms with Gasteiger partial charge in [0.25, 0.3) is 0 Å². The van der Waals surface area contributed by atoms with Gasteiger partial charge in [0.1, 0.15) is 23.9 Å². The van der Waals surface area contributed by atoms with Crippen LogP contribution in [0.4, 0.5) is 0 Å². The number of pyridine rings is 1. The number of thioether (sulfide) groups is 1. The first-order valence-electron chi connectivity index (χ1n) is 10.6. The van der Waals surface area contributed by atoms with E-state index in [9.17, 15) is 5.11 Å². The molecule has 0 unspecified atom stereocenters. The zero-order valence-corrected chi connectivity index (χ0v) is 19.5. The van der Waals surface area contributed by atoms with Crippen LogP contribution in [0, 0.1) is 12.8 Å². The van der Waals surface area contributed by atoms with Crippen molar-refractivity contribution in [1.82, 2.24) is 4.98 Å². The Morgan fingerprint density at radius 3 is 2.45 bits per heavy atom. The van der Waals surface area contributed by atoms with E-state index in [1.54, 1.807) is 31.3 Å². The minimum absolute atomic E-state index is 0.346.